The maximum Gasteiger partial charge on any atom is 0.246 e. The van der Waals surface area contributed by atoms with Crippen molar-refractivity contribution >= 4 is 23.3 Å². The molecule has 0 unspecified atom stereocenters. The fraction of sp³-hybridized carbons (Fsp3) is 0.368. The summed E-state index contributed by atoms with van der Waals surface area (Å²) in [6.07, 6.45) is 9.56. The monoisotopic (exact) mass is 339 g/mol. The number of thiophene rings is 1. The second-order valence-corrected chi connectivity index (χ2v) is 7.40. The summed E-state index contributed by atoms with van der Waals surface area (Å²) in [5.41, 5.74) is 1.25. The molecule has 2 saturated heterocycles. The van der Waals surface area contributed by atoms with Gasteiger partial charge in [0.05, 0.1) is 0 Å². The van der Waals surface area contributed by atoms with E-state index < -0.39 is 0 Å². The summed E-state index contributed by atoms with van der Waals surface area (Å²) in [6, 6.07) is 9.01. The molecule has 0 bridgehead atoms. The summed E-state index contributed by atoms with van der Waals surface area (Å²) in [5.74, 6) is 0.152. The van der Waals surface area contributed by atoms with E-state index in [0.717, 1.165) is 37.4 Å². The topological polar surface area (TPSA) is 36.4 Å². The third kappa shape index (κ3) is 3.14. The van der Waals surface area contributed by atoms with Crippen LogP contribution >= 0.6 is 11.3 Å². The van der Waals surface area contributed by atoms with Gasteiger partial charge in [-0.25, -0.2) is 0 Å². The Balaban J connectivity index is 1.40. The standard InChI is InChI=1S/C19H21N3OS/c23-19(6-5-16-4-2-12-24-16)22-11-8-17-18(22)7-10-21(17)14-15-3-1-9-20-13-15/h1-6,9,12-13,17-18H,7-8,10-11,14H2/b6-5+/t17-,18+/m0/s1. The van der Waals surface area contributed by atoms with E-state index in [1.54, 1.807) is 17.4 Å². The number of fused-ring (bicyclic) bond motifs is 1. The van der Waals surface area contributed by atoms with Crippen molar-refractivity contribution in [2.24, 2.45) is 0 Å². The van der Waals surface area contributed by atoms with Crippen LogP contribution in [0.3, 0.4) is 0 Å². The average molecular weight is 339 g/mol. The predicted molar refractivity (Wildman–Crippen MR) is 96.5 cm³/mol. The van der Waals surface area contributed by atoms with Crippen molar-refractivity contribution in [1.82, 2.24) is 14.8 Å². The molecule has 2 atom stereocenters. The van der Waals surface area contributed by atoms with E-state index in [-0.39, 0.29) is 5.91 Å². The molecule has 1 amide bonds. The molecule has 2 aliphatic rings. The maximum atomic E-state index is 12.6. The highest BCUT2D eigenvalue weighted by molar-refractivity contribution is 7.10. The molecule has 2 fully saturated rings. The number of carbonyl (C=O) groups is 1. The predicted octanol–water partition coefficient (Wildman–Crippen LogP) is 3.03. The van der Waals surface area contributed by atoms with Crippen molar-refractivity contribution in [2.45, 2.75) is 31.5 Å². The van der Waals surface area contributed by atoms with E-state index >= 15 is 0 Å². The zero-order valence-corrected chi connectivity index (χ0v) is 14.4. The molecule has 4 heterocycles. The zero-order valence-electron chi connectivity index (χ0n) is 13.5. The number of hydrogen-bond acceptors (Lipinski definition) is 4. The Bertz CT molecular complexity index is 713. The summed E-state index contributed by atoms with van der Waals surface area (Å²) in [4.78, 5) is 22.5. The Morgan fingerprint density at radius 2 is 2.17 bits per heavy atom. The Kier molecular flexibility index (Phi) is 4.45. The Hall–Kier alpha value is -1.98. The van der Waals surface area contributed by atoms with Gasteiger partial charge in [0, 0.05) is 55.1 Å². The van der Waals surface area contributed by atoms with Gasteiger partial charge in [0.15, 0.2) is 0 Å². The van der Waals surface area contributed by atoms with Crippen LogP contribution in [0.1, 0.15) is 23.3 Å². The fourth-order valence-electron chi connectivity index (χ4n) is 3.91. The molecule has 0 aliphatic carbocycles. The summed E-state index contributed by atoms with van der Waals surface area (Å²) < 4.78 is 0. The largest absolute Gasteiger partial charge is 0.334 e. The van der Waals surface area contributed by atoms with E-state index in [1.807, 2.05) is 42.0 Å². The first kappa shape index (κ1) is 15.5. The number of likely N-dealkylation sites (tertiary alicyclic amines) is 2. The summed E-state index contributed by atoms with van der Waals surface area (Å²) in [6.45, 7) is 2.86. The minimum Gasteiger partial charge on any atom is -0.334 e. The van der Waals surface area contributed by atoms with Crippen LogP contribution in [0, 0.1) is 0 Å². The van der Waals surface area contributed by atoms with Gasteiger partial charge in [0.2, 0.25) is 5.91 Å². The van der Waals surface area contributed by atoms with Crippen molar-refractivity contribution in [1.29, 1.82) is 0 Å². The van der Waals surface area contributed by atoms with Gasteiger partial charge in [-0.2, -0.15) is 0 Å². The van der Waals surface area contributed by atoms with Gasteiger partial charge in [-0.3, -0.25) is 14.7 Å². The maximum absolute atomic E-state index is 12.6. The molecule has 2 aliphatic heterocycles. The van der Waals surface area contributed by atoms with Crippen LogP contribution in [0.5, 0.6) is 0 Å². The highest BCUT2D eigenvalue weighted by Gasteiger charge is 2.43. The van der Waals surface area contributed by atoms with Crippen LogP contribution in [0.15, 0.2) is 48.1 Å². The average Bonchev–Trinajstić information content (AvgIpc) is 3.33. The number of nitrogens with zero attached hydrogens (tertiary/aromatic N) is 3. The molecule has 0 radical (unpaired) electrons. The number of hydrogen-bond donors (Lipinski definition) is 0. The van der Waals surface area contributed by atoms with Crippen molar-refractivity contribution in [2.75, 3.05) is 13.1 Å². The number of pyridine rings is 1. The lowest BCUT2D eigenvalue weighted by Gasteiger charge is -2.25. The van der Waals surface area contributed by atoms with Crippen molar-refractivity contribution in [3.8, 4) is 0 Å². The van der Waals surface area contributed by atoms with Gasteiger partial charge in [0.25, 0.3) is 0 Å². The third-order valence-corrected chi connectivity index (χ3v) is 5.85. The summed E-state index contributed by atoms with van der Waals surface area (Å²) >= 11 is 1.66. The van der Waals surface area contributed by atoms with E-state index in [0.29, 0.717) is 12.1 Å². The molecule has 0 spiro atoms. The molecule has 2 aromatic rings. The van der Waals surface area contributed by atoms with Crippen LogP contribution in [0.2, 0.25) is 0 Å². The molecule has 4 nitrogen and oxygen atoms in total. The molecular weight excluding hydrogens is 318 g/mol. The highest BCUT2D eigenvalue weighted by atomic mass is 32.1. The first-order valence-electron chi connectivity index (χ1n) is 8.46. The smallest absolute Gasteiger partial charge is 0.246 e. The van der Waals surface area contributed by atoms with Gasteiger partial charge >= 0.3 is 0 Å². The Labute approximate surface area is 146 Å². The van der Waals surface area contributed by atoms with Gasteiger partial charge in [-0.15, -0.1) is 11.3 Å². The minimum absolute atomic E-state index is 0.152. The SMILES string of the molecule is O=C(/C=C/c1cccs1)N1CC[C@H]2[C@H]1CCN2Cc1cccnc1. The van der Waals surface area contributed by atoms with Crippen LogP contribution in [0.4, 0.5) is 0 Å². The first-order valence-corrected chi connectivity index (χ1v) is 9.34. The third-order valence-electron chi connectivity index (χ3n) is 5.02. The Morgan fingerprint density at radius 1 is 1.25 bits per heavy atom. The molecule has 2 aromatic heterocycles. The minimum atomic E-state index is 0.152. The quantitative estimate of drug-likeness (QED) is 0.804. The lowest BCUT2D eigenvalue weighted by Crippen LogP contribution is -2.38. The lowest BCUT2D eigenvalue weighted by molar-refractivity contribution is -0.126. The van der Waals surface area contributed by atoms with E-state index in [2.05, 4.69) is 20.9 Å². The van der Waals surface area contributed by atoms with Crippen molar-refractivity contribution in [3.05, 3.63) is 58.6 Å². The van der Waals surface area contributed by atoms with E-state index in [4.69, 9.17) is 0 Å². The van der Waals surface area contributed by atoms with Crippen LogP contribution < -0.4 is 0 Å². The highest BCUT2D eigenvalue weighted by Crippen LogP contribution is 2.32. The lowest BCUT2D eigenvalue weighted by atomic mass is 10.1. The normalized spacial score (nSPS) is 23.9. The van der Waals surface area contributed by atoms with E-state index in [1.165, 1.54) is 5.56 Å². The van der Waals surface area contributed by atoms with Gasteiger partial charge in [-0.1, -0.05) is 12.1 Å². The number of aromatic nitrogens is 1. The molecular formula is C19H21N3OS. The number of carbonyl (C=O) groups excluding carboxylic acids is 1. The second kappa shape index (κ2) is 6.87. The zero-order chi connectivity index (χ0) is 16.4. The van der Waals surface area contributed by atoms with Crippen LogP contribution in [-0.4, -0.2) is 45.9 Å². The second-order valence-electron chi connectivity index (χ2n) is 6.42. The van der Waals surface area contributed by atoms with Crippen molar-refractivity contribution < 1.29 is 4.79 Å². The van der Waals surface area contributed by atoms with Gasteiger partial charge in [0.1, 0.15) is 0 Å². The Morgan fingerprint density at radius 3 is 2.96 bits per heavy atom. The summed E-state index contributed by atoms with van der Waals surface area (Å²) in [5, 5.41) is 2.03. The fourth-order valence-corrected chi connectivity index (χ4v) is 4.52. The molecule has 0 N–H and O–H groups in total. The number of rotatable bonds is 4. The number of amides is 1. The molecule has 0 aromatic carbocycles. The molecule has 4 rings (SSSR count). The first-order chi connectivity index (χ1) is 11.8. The molecule has 5 heteroatoms. The van der Waals surface area contributed by atoms with Crippen LogP contribution in [0.25, 0.3) is 6.08 Å². The van der Waals surface area contributed by atoms with Gasteiger partial charge in [-0.05, 0) is 42.0 Å². The van der Waals surface area contributed by atoms with Gasteiger partial charge < -0.3 is 4.90 Å². The van der Waals surface area contributed by atoms with E-state index in [9.17, 15) is 4.79 Å². The van der Waals surface area contributed by atoms with Crippen molar-refractivity contribution in [3.63, 3.8) is 0 Å². The summed E-state index contributed by atoms with van der Waals surface area (Å²) in [7, 11) is 0. The molecule has 124 valence electrons. The van der Waals surface area contributed by atoms with Crippen LogP contribution in [-0.2, 0) is 11.3 Å². The molecule has 24 heavy (non-hydrogen) atoms. The molecule has 0 saturated carbocycles.